The van der Waals surface area contributed by atoms with Crippen LogP contribution in [-0.2, 0) is 6.54 Å². The van der Waals surface area contributed by atoms with E-state index in [-0.39, 0.29) is 12.2 Å². The Morgan fingerprint density at radius 3 is 2.27 bits per heavy atom. The molecule has 3 rings (SSSR count). The highest BCUT2D eigenvalue weighted by Crippen LogP contribution is 2.30. The van der Waals surface area contributed by atoms with E-state index in [0.717, 1.165) is 5.75 Å². The maximum atomic E-state index is 12.6. The number of H-pyrrole nitrogens is 1. The molecule has 0 unspecified atom stereocenters. The van der Waals surface area contributed by atoms with Crippen molar-refractivity contribution < 1.29 is 24.1 Å². The summed E-state index contributed by atoms with van der Waals surface area (Å²) in [7, 11) is 3.05. The first-order chi connectivity index (χ1) is 16.0. The van der Waals surface area contributed by atoms with Crippen LogP contribution in [0, 0.1) is 0 Å². The molecule has 0 saturated heterocycles. The van der Waals surface area contributed by atoms with E-state index in [1.54, 1.807) is 12.1 Å². The number of rotatable bonds is 12. The molecule has 178 valence electrons. The number of nitrogens with zero attached hydrogens (tertiary/aromatic N) is 2. The molecule has 0 radical (unpaired) electrons. The summed E-state index contributed by atoms with van der Waals surface area (Å²) in [6.45, 7) is 6.05. The van der Waals surface area contributed by atoms with Crippen LogP contribution in [0.1, 0.15) is 19.7 Å². The summed E-state index contributed by atoms with van der Waals surface area (Å²) in [6, 6.07) is 10.6. The average molecular weight is 458 g/mol. The number of aromatic nitrogens is 2. The predicted octanol–water partition coefficient (Wildman–Crippen LogP) is 2.60. The Morgan fingerprint density at radius 1 is 1.03 bits per heavy atom. The smallest absolute Gasteiger partial charge is 0.258 e. The molecule has 0 amide bonds. The van der Waals surface area contributed by atoms with Crippen LogP contribution < -0.4 is 24.5 Å². The number of fused-ring (bicyclic) bond motifs is 1. The van der Waals surface area contributed by atoms with Gasteiger partial charge in [0.05, 0.1) is 38.3 Å². The summed E-state index contributed by atoms with van der Waals surface area (Å²) in [5.41, 5.74) is 0.258. The van der Waals surface area contributed by atoms with Crippen LogP contribution in [-0.4, -0.2) is 66.6 Å². The number of benzene rings is 2. The molecule has 0 aliphatic heterocycles. The van der Waals surface area contributed by atoms with Gasteiger partial charge in [-0.15, -0.1) is 0 Å². The van der Waals surface area contributed by atoms with Gasteiger partial charge in [-0.25, -0.2) is 4.98 Å². The van der Waals surface area contributed by atoms with Crippen LogP contribution in [0.25, 0.3) is 10.9 Å². The molecule has 9 heteroatoms. The molecule has 1 aromatic heterocycles. The van der Waals surface area contributed by atoms with E-state index in [0.29, 0.717) is 60.2 Å². The first-order valence-corrected chi connectivity index (χ1v) is 10.9. The molecule has 0 fully saturated rings. The first-order valence-electron chi connectivity index (χ1n) is 10.9. The van der Waals surface area contributed by atoms with Gasteiger partial charge in [-0.3, -0.25) is 9.69 Å². The Bertz CT molecular complexity index is 1100. The van der Waals surface area contributed by atoms with Crippen LogP contribution in [0.3, 0.4) is 0 Å². The standard InChI is InChI=1S/C24H31N3O6/c1-5-27(13-16(28)15-33-18-9-7-17(8-10-18)32-6-2)14-23-25-20-12-22(31-4)21(30-3)11-19(20)24(29)26-23/h7-12,16,28H,5-6,13-15H2,1-4H3,(H,25,26,29)/t16-/m0/s1. The number of nitrogens with one attached hydrogen (secondary N) is 1. The maximum absolute atomic E-state index is 12.6. The zero-order valence-corrected chi connectivity index (χ0v) is 19.5. The van der Waals surface area contributed by atoms with Crippen LogP contribution in [0.15, 0.2) is 41.2 Å². The van der Waals surface area contributed by atoms with Gasteiger partial charge in [0, 0.05) is 12.6 Å². The fraction of sp³-hybridized carbons (Fsp3) is 0.417. The van der Waals surface area contributed by atoms with Gasteiger partial charge in [-0.05, 0) is 43.8 Å². The fourth-order valence-electron chi connectivity index (χ4n) is 3.45. The van der Waals surface area contributed by atoms with Crippen LogP contribution >= 0.6 is 0 Å². The van der Waals surface area contributed by atoms with Gasteiger partial charge < -0.3 is 29.0 Å². The van der Waals surface area contributed by atoms with E-state index < -0.39 is 6.10 Å². The van der Waals surface area contributed by atoms with Crippen molar-refractivity contribution in [2.45, 2.75) is 26.5 Å². The topological polar surface area (TPSA) is 106 Å². The van der Waals surface area contributed by atoms with E-state index in [1.165, 1.54) is 14.2 Å². The number of aliphatic hydroxyl groups excluding tert-OH is 1. The summed E-state index contributed by atoms with van der Waals surface area (Å²) in [5.74, 6) is 2.90. The highest BCUT2D eigenvalue weighted by atomic mass is 16.5. The van der Waals surface area contributed by atoms with Gasteiger partial charge in [-0.2, -0.15) is 0 Å². The minimum absolute atomic E-state index is 0.142. The molecule has 33 heavy (non-hydrogen) atoms. The highest BCUT2D eigenvalue weighted by Gasteiger charge is 2.15. The van der Waals surface area contributed by atoms with Crippen LogP contribution in [0.4, 0.5) is 0 Å². The lowest BCUT2D eigenvalue weighted by Crippen LogP contribution is -2.36. The molecule has 3 aromatic rings. The van der Waals surface area contributed by atoms with Crippen molar-refractivity contribution in [1.29, 1.82) is 0 Å². The molecule has 0 spiro atoms. The summed E-state index contributed by atoms with van der Waals surface area (Å²) < 4.78 is 21.7. The lowest BCUT2D eigenvalue weighted by atomic mass is 10.2. The number of methoxy groups -OCH3 is 2. The molecule has 1 atom stereocenters. The predicted molar refractivity (Wildman–Crippen MR) is 126 cm³/mol. The Labute approximate surface area is 192 Å². The molecule has 2 N–H and O–H groups in total. The molecule has 1 heterocycles. The summed E-state index contributed by atoms with van der Waals surface area (Å²) in [6.07, 6.45) is -0.715. The van der Waals surface area contributed by atoms with Crippen LogP contribution in [0.2, 0.25) is 0 Å². The third-order valence-electron chi connectivity index (χ3n) is 5.13. The normalized spacial score (nSPS) is 12.1. The maximum Gasteiger partial charge on any atom is 0.258 e. The zero-order chi connectivity index (χ0) is 23.8. The molecule has 9 nitrogen and oxygen atoms in total. The largest absolute Gasteiger partial charge is 0.494 e. The van der Waals surface area contributed by atoms with Crippen molar-refractivity contribution in [3.05, 3.63) is 52.6 Å². The van der Waals surface area contributed by atoms with Crippen molar-refractivity contribution >= 4 is 10.9 Å². The van der Waals surface area contributed by atoms with Crippen molar-refractivity contribution in [3.63, 3.8) is 0 Å². The molecule has 2 aromatic carbocycles. The van der Waals surface area contributed by atoms with E-state index in [9.17, 15) is 9.90 Å². The quantitative estimate of drug-likeness (QED) is 0.428. The summed E-state index contributed by atoms with van der Waals surface area (Å²) >= 11 is 0. The van der Waals surface area contributed by atoms with Crippen LogP contribution in [0.5, 0.6) is 23.0 Å². The Kier molecular flexibility index (Phi) is 8.51. The molecular weight excluding hydrogens is 426 g/mol. The second-order valence-corrected chi connectivity index (χ2v) is 7.43. The number of aliphatic hydroxyl groups is 1. The van der Waals surface area contributed by atoms with Crippen molar-refractivity contribution in [2.75, 3.05) is 40.5 Å². The van der Waals surface area contributed by atoms with E-state index in [1.807, 2.05) is 43.0 Å². The summed E-state index contributed by atoms with van der Waals surface area (Å²) in [5, 5.41) is 10.9. The number of hydrogen-bond donors (Lipinski definition) is 2. The van der Waals surface area contributed by atoms with Crippen molar-refractivity contribution in [3.8, 4) is 23.0 Å². The lowest BCUT2D eigenvalue weighted by molar-refractivity contribution is 0.0666. The zero-order valence-electron chi connectivity index (χ0n) is 19.5. The number of hydrogen-bond acceptors (Lipinski definition) is 8. The van der Waals surface area contributed by atoms with Gasteiger partial charge in [0.1, 0.15) is 30.0 Å². The summed E-state index contributed by atoms with van der Waals surface area (Å²) in [4.78, 5) is 22.0. The monoisotopic (exact) mass is 457 g/mol. The van der Waals surface area contributed by atoms with Gasteiger partial charge in [0.2, 0.25) is 0 Å². The lowest BCUT2D eigenvalue weighted by Gasteiger charge is -2.23. The Hall–Kier alpha value is -3.30. The second-order valence-electron chi connectivity index (χ2n) is 7.43. The van der Waals surface area contributed by atoms with Gasteiger partial charge in [-0.1, -0.05) is 6.92 Å². The third-order valence-corrected chi connectivity index (χ3v) is 5.13. The number of aromatic amines is 1. The van der Waals surface area contributed by atoms with E-state index >= 15 is 0 Å². The Balaban J connectivity index is 1.64. The van der Waals surface area contributed by atoms with E-state index in [2.05, 4.69) is 9.97 Å². The minimum Gasteiger partial charge on any atom is -0.494 e. The first kappa shape index (κ1) is 24.3. The average Bonchev–Trinajstić information content (AvgIpc) is 2.82. The van der Waals surface area contributed by atoms with Crippen molar-refractivity contribution in [2.24, 2.45) is 0 Å². The molecule has 0 saturated carbocycles. The van der Waals surface area contributed by atoms with Gasteiger partial charge in [0.25, 0.3) is 5.56 Å². The molecule has 0 aliphatic carbocycles. The fourth-order valence-corrected chi connectivity index (χ4v) is 3.45. The van der Waals surface area contributed by atoms with Gasteiger partial charge >= 0.3 is 0 Å². The third kappa shape index (κ3) is 6.36. The minimum atomic E-state index is -0.715. The second kappa shape index (κ2) is 11.5. The molecular formula is C24H31N3O6. The Morgan fingerprint density at radius 2 is 1.67 bits per heavy atom. The number of likely N-dealkylation sites (N-methyl/N-ethyl adjacent to an activating group) is 1. The molecule has 0 bridgehead atoms. The SMILES string of the molecule is CCOc1ccc(OC[C@@H](O)CN(CC)Cc2nc3cc(OC)c(OC)cc3c(=O)[nH]2)cc1. The molecule has 0 aliphatic rings. The van der Waals surface area contributed by atoms with Gasteiger partial charge in [0.15, 0.2) is 11.5 Å². The van der Waals surface area contributed by atoms with Crippen molar-refractivity contribution in [1.82, 2.24) is 14.9 Å². The number of ether oxygens (including phenoxy) is 4. The van der Waals surface area contributed by atoms with E-state index in [4.69, 9.17) is 18.9 Å². The highest BCUT2D eigenvalue weighted by molar-refractivity contribution is 5.81.